The van der Waals surface area contributed by atoms with Crippen molar-refractivity contribution < 1.29 is 0 Å². The van der Waals surface area contributed by atoms with Crippen LogP contribution in [0.15, 0.2) is 35.4 Å². The van der Waals surface area contributed by atoms with Crippen molar-refractivity contribution in [2.45, 2.75) is 37.1 Å². The minimum absolute atomic E-state index is 0.980. The standard InChI is InChI=1S/C19H25N3S/c1-4-14-10-18(22(2)3)21-19(11-14)23-13-15-5-6-17-12-20-8-7-16(17)9-15/h5-6,9-11,20H,4,7-8,12-13H2,1-3H3. The number of hydrogen-bond acceptors (Lipinski definition) is 4. The molecule has 1 aliphatic heterocycles. The van der Waals surface area contributed by atoms with Crippen LogP contribution in [-0.4, -0.2) is 25.6 Å². The van der Waals surface area contributed by atoms with E-state index in [4.69, 9.17) is 4.98 Å². The molecule has 0 bridgehead atoms. The average Bonchev–Trinajstić information content (AvgIpc) is 2.59. The zero-order chi connectivity index (χ0) is 16.2. The predicted molar refractivity (Wildman–Crippen MR) is 99.4 cm³/mol. The second-order valence-corrected chi connectivity index (χ2v) is 7.23. The van der Waals surface area contributed by atoms with Crippen molar-refractivity contribution in [2.24, 2.45) is 0 Å². The minimum Gasteiger partial charge on any atom is -0.363 e. The molecule has 0 atom stereocenters. The molecule has 0 saturated heterocycles. The van der Waals surface area contributed by atoms with Gasteiger partial charge in [-0.1, -0.05) is 25.1 Å². The molecule has 23 heavy (non-hydrogen) atoms. The van der Waals surface area contributed by atoms with Gasteiger partial charge in [0.15, 0.2) is 0 Å². The Morgan fingerprint density at radius 1 is 1.13 bits per heavy atom. The third-order valence-corrected chi connectivity index (χ3v) is 5.24. The Labute approximate surface area is 143 Å². The zero-order valence-corrected chi connectivity index (χ0v) is 15.0. The van der Waals surface area contributed by atoms with Gasteiger partial charge in [-0.2, -0.15) is 0 Å². The van der Waals surface area contributed by atoms with Gasteiger partial charge in [-0.25, -0.2) is 4.98 Å². The molecule has 1 aromatic heterocycles. The zero-order valence-electron chi connectivity index (χ0n) is 14.2. The molecule has 122 valence electrons. The SMILES string of the molecule is CCc1cc(SCc2ccc3c(c2)CCNC3)nc(N(C)C)c1. The van der Waals surface area contributed by atoms with Gasteiger partial charge in [-0.15, -0.1) is 11.8 Å². The highest BCUT2D eigenvalue weighted by molar-refractivity contribution is 7.98. The Bertz CT molecular complexity index is 682. The summed E-state index contributed by atoms with van der Waals surface area (Å²) in [6.45, 7) is 4.30. The van der Waals surface area contributed by atoms with Crippen LogP contribution in [0.2, 0.25) is 0 Å². The van der Waals surface area contributed by atoms with Gasteiger partial charge in [0.1, 0.15) is 5.82 Å². The van der Waals surface area contributed by atoms with Crippen LogP contribution in [0.1, 0.15) is 29.2 Å². The lowest BCUT2D eigenvalue weighted by atomic mass is 9.99. The van der Waals surface area contributed by atoms with Crippen LogP contribution >= 0.6 is 11.8 Å². The van der Waals surface area contributed by atoms with E-state index in [2.05, 4.69) is 47.5 Å². The topological polar surface area (TPSA) is 28.2 Å². The van der Waals surface area contributed by atoms with Crippen molar-refractivity contribution in [3.8, 4) is 0 Å². The van der Waals surface area contributed by atoms with Gasteiger partial charge in [-0.3, -0.25) is 0 Å². The van der Waals surface area contributed by atoms with Crippen LogP contribution < -0.4 is 10.2 Å². The first-order chi connectivity index (χ1) is 11.2. The molecule has 0 aliphatic carbocycles. The molecule has 4 heteroatoms. The summed E-state index contributed by atoms with van der Waals surface area (Å²) in [5.74, 6) is 2.02. The number of thioether (sulfide) groups is 1. The van der Waals surface area contributed by atoms with Crippen LogP contribution in [0.3, 0.4) is 0 Å². The molecule has 0 radical (unpaired) electrons. The summed E-state index contributed by atoms with van der Waals surface area (Å²) >= 11 is 1.83. The van der Waals surface area contributed by atoms with Gasteiger partial charge in [0.25, 0.3) is 0 Å². The third-order valence-electron chi connectivity index (χ3n) is 4.26. The molecule has 0 saturated carbocycles. The fraction of sp³-hybridized carbons (Fsp3) is 0.421. The van der Waals surface area contributed by atoms with Gasteiger partial charge in [0.05, 0.1) is 5.03 Å². The Kier molecular flexibility index (Phi) is 5.23. The normalized spacial score (nSPS) is 13.7. The number of anilines is 1. The summed E-state index contributed by atoms with van der Waals surface area (Å²) in [5.41, 5.74) is 5.70. The number of nitrogens with zero attached hydrogens (tertiary/aromatic N) is 2. The number of nitrogens with one attached hydrogen (secondary N) is 1. The van der Waals surface area contributed by atoms with Crippen LogP contribution in [0.5, 0.6) is 0 Å². The molecule has 0 amide bonds. The van der Waals surface area contributed by atoms with Crippen molar-refractivity contribution in [3.05, 3.63) is 52.6 Å². The van der Waals surface area contributed by atoms with Gasteiger partial charge in [-0.05, 0) is 53.8 Å². The molecule has 0 fully saturated rings. The summed E-state index contributed by atoms with van der Waals surface area (Å²) in [6.07, 6.45) is 2.19. The number of aromatic nitrogens is 1. The molecule has 3 nitrogen and oxygen atoms in total. The fourth-order valence-corrected chi connectivity index (χ4v) is 3.72. The van der Waals surface area contributed by atoms with Crippen molar-refractivity contribution in [2.75, 3.05) is 25.5 Å². The monoisotopic (exact) mass is 327 g/mol. The van der Waals surface area contributed by atoms with E-state index < -0.39 is 0 Å². The molecule has 1 aromatic carbocycles. The first-order valence-electron chi connectivity index (χ1n) is 8.28. The Morgan fingerprint density at radius 2 is 2.00 bits per heavy atom. The lowest BCUT2D eigenvalue weighted by Crippen LogP contribution is -2.23. The van der Waals surface area contributed by atoms with Crippen LogP contribution in [0, 0.1) is 0 Å². The number of hydrogen-bond donors (Lipinski definition) is 1. The van der Waals surface area contributed by atoms with Gasteiger partial charge in [0.2, 0.25) is 0 Å². The molecule has 1 aliphatic rings. The van der Waals surface area contributed by atoms with E-state index >= 15 is 0 Å². The molecular formula is C19H25N3S. The van der Waals surface area contributed by atoms with E-state index in [9.17, 15) is 0 Å². The van der Waals surface area contributed by atoms with E-state index in [1.54, 1.807) is 0 Å². The summed E-state index contributed by atoms with van der Waals surface area (Å²) in [5, 5.41) is 4.55. The predicted octanol–water partition coefficient (Wildman–Crippen LogP) is 3.65. The lowest BCUT2D eigenvalue weighted by Gasteiger charge is -2.18. The average molecular weight is 327 g/mol. The Morgan fingerprint density at radius 3 is 2.78 bits per heavy atom. The lowest BCUT2D eigenvalue weighted by molar-refractivity contribution is 0.643. The molecule has 0 spiro atoms. The van der Waals surface area contributed by atoms with Crippen LogP contribution in [0.4, 0.5) is 5.82 Å². The van der Waals surface area contributed by atoms with E-state index in [0.717, 1.165) is 42.5 Å². The maximum absolute atomic E-state index is 4.76. The minimum atomic E-state index is 0.980. The maximum atomic E-state index is 4.76. The molecule has 2 heterocycles. The van der Waals surface area contributed by atoms with Gasteiger partial charge in [0, 0.05) is 26.4 Å². The van der Waals surface area contributed by atoms with E-state index in [1.807, 2.05) is 25.9 Å². The smallest absolute Gasteiger partial charge is 0.129 e. The Balaban J connectivity index is 1.74. The van der Waals surface area contributed by atoms with Crippen molar-refractivity contribution in [1.29, 1.82) is 0 Å². The summed E-state index contributed by atoms with van der Waals surface area (Å²) in [6, 6.07) is 11.3. The van der Waals surface area contributed by atoms with Crippen molar-refractivity contribution in [3.63, 3.8) is 0 Å². The quantitative estimate of drug-likeness (QED) is 0.849. The molecule has 2 aromatic rings. The highest BCUT2D eigenvalue weighted by Gasteiger charge is 2.10. The first kappa shape index (κ1) is 16.3. The second-order valence-electron chi connectivity index (χ2n) is 6.24. The summed E-state index contributed by atoms with van der Waals surface area (Å²) in [4.78, 5) is 6.84. The van der Waals surface area contributed by atoms with E-state index in [0.29, 0.717) is 0 Å². The van der Waals surface area contributed by atoms with Gasteiger partial charge < -0.3 is 10.2 Å². The Hall–Kier alpha value is -1.52. The molecular weight excluding hydrogens is 302 g/mol. The molecule has 3 rings (SSSR count). The first-order valence-corrected chi connectivity index (χ1v) is 9.26. The molecule has 0 unspecified atom stereocenters. The van der Waals surface area contributed by atoms with Crippen LogP contribution in [-0.2, 0) is 25.1 Å². The maximum Gasteiger partial charge on any atom is 0.129 e. The number of aryl methyl sites for hydroxylation is 1. The summed E-state index contributed by atoms with van der Waals surface area (Å²) in [7, 11) is 4.10. The molecule has 1 N–H and O–H groups in total. The fourth-order valence-electron chi connectivity index (χ4n) is 2.83. The number of rotatable bonds is 5. The van der Waals surface area contributed by atoms with E-state index in [1.165, 1.54) is 22.3 Å². The van der Waals surface area contributed by atoms with Crippen LogP contribution in [0.25, 0.3) is 0 Å². The van der Waals surface area contributed by atoms with Crippen molar-refractivity contribution in [1.82, 2.24) is 10.3 Å². The van der Waals surface area contributed by atoms with Gasteiger partial charge >= 0.3 is 0 Å². The largest absolute Gasteiger partial charge is 0.363 e. The number of pyridine rings is 1. The highest BCUT2D eigenvalue weighted by Crippen LogP contribution is 2.26. The second kappa shape index (κ2) is 7.37. The third kappa shape index (κ3) is 4.06. The summed E-state index contributed by atoms with van der Waals surface area (Å²) < 4.78 is 0. The number of fused-ring (bicyclic) bond motifs is 1. The van der Waals surface area contributed by atoms with E-state index in [-0.39, 0.29) is 0 Å². The van der Waals surface area contributed by atoms with Crippen molar-refractivity contribution >= 4 is 17.6 Å². The highest BCUT2D eigenvalue weighted by atomic mass is 32.2. The number of benzene rings is 1.